The predicted molar refractivity (Wildman–Crippen MR) is 133 cm³/mol. The molecule has 4 heterocycles. The van der Waals surface area contributed by atoms with E-state index in [1.807, 2.05) is 30.3 Å². The van der Waals surface area contributed by atoms with Gasteiger partial charge in [0.1, 0.15) is 28.5 Å². The highest BCUT2D eigenvalue weighted by Crippen LogP contribution is 2.30. The Morgan fingerprint density at radius 3 is 2.53 bits per heavy atom. The third-order valence-corrected chi connectivity index (χ3v) is 5.91. The lowest BCUT2D eigenvalue weighted by Gasteiger charge is -2.25. The molecule has 4 aromatic rings. The first-order chi connectivity index (χ1) is 17.6. The van der Waals surface area contributed by atoms with E-state index >= 15 is 0 Å². The summed E-state index contributed by atoms with van der Waals surface area (Å²) in [6.07, 6.45) is 3.49. The number of hydrogen-bond acceptors (Lipinski definition) is 9. The van der Waals surface area contributed by atoms with Crippen LogP contribution in [0.3, 0.4) is 0 Å². The molecule has 0 saturated carbocycles. The van der Waals surface area contributed by atoms with Gasteiger partial charge in [0.2, 0.25) is 5.88 Å². The average molecular weight is 487 g/mol. The third-order valence-electron chi connectivity index (χ3n) is 5.91. The number of pyridine rings is 1. The van der Waals surface area contributed by atoms with E-state index in [0.29, 0.717) is 34.9 Å². The van der Waals surface area contributed by atoms with Crippen LogP contribution in [0.15, 0.2) is 59.4 Å². The van der Waals surface area contributed by atoms with Crippen LogP contribution >= 0.6 is 0 Å². The maximum atomic E-state index is 13.2. The van der Waals surface area contributed by atoms with Gasteiger partial charge < -0.3 is 19.3 Å². The minimum Gasteiger partial charge on any atom is -0.479 e. The number of aryl methyl sites for hydroxylation is 1. The summed E-state index contributed by atoms with van der Waals surface area (Å²) < 4.78 is 16.2. The van der Waals surface area contributed by atoms with Crippen molar-refractivity contribution < 1.29 is 18.8 Å². The van der Waals surface area contributed by atoms with Crippen molar-refractivity contribution in [2.45, 2.75) is 13.5 Å². The maximum Gasteiger partial charge on any atom is 0.261 e. The molecule has 10 nitrogen and oxygen atoms in total. The lowest BCUT2D eigenvalue weighted by atomic mass is 10.1. The Hall–Kier alpha value is -4.15. The molecule has 0 atom stereocenters. The standard InChI is InChI=1S/C26H26N6O4/c1-17-23(24(31-36-17)18-6-4-3-5-7-18)25(33)29-21-9-8-20(30-26(21)34-2)19-14-27-22(28-15-19)16-32-10-12-35-13-11-32/h3-9,14-15H,10-13,16H2,1-2H3,(H,29,33). The number of morpholine rings is 1. The van der Waals surface area contributed by atoms with E-state index in [1.54, 1.807) is 31.5 Å². The largest absolute Gasteiger partial charge is 0.479 e. The molecule has 3 aromatic heterocycles. The lowest BCUT2D eigenvalue weighted by Crippen LogP contribution is -2.36. The van der Waals surface area contributed by atoms with Crippen LogP contribution in [-0.4, -0.2) is 64.3 Å². The summed E-state index contributed by atoms with van der Waals surface area (Å²) in [6.45, 7) is 5.59. The van der Waals surface area contributed by atoms with Crippen molar-refractivity contribution in [1.29, 1.82) is 0 Å². The number of carbonyl (C=O) groups is 1. The van der Waals surface area contributed by atoms with Crippen molar-refractivity contribution in [2.75, 3.05) is 38.7 Å². The number of hydrogen-bond donors (Lipinski definition) is 1. The Kier molecular flexibility index (Phi) is 6.96. The minimum atomic E-state index is -0.365. The van der Waals surface area contributed by atoms with Crippen LogP contribution in [0.2, 0.25) is 0 Å². The van der Waals surface area contributed by atoms with Crippen molar-refractivity contribution in [3.05, 3.63) is 72.0 Å². The number of benzene rings is 1. The van der Waals surface area contributed by atoms with Crippen molar-refractivity contribution in [3.63, 3.8) is 0 Å². The van der Waals surface area contributed by atoms with Gasteiger partial charge in [-0.05, 0) is 19.1 Å². The number of nitrogens with zero attached hydrogens (tertiary/aromatic N) is 5. The van der Waals surface area contributed by atoms with Gasteiger partial charge in [0.15, 0.2) is 0 Å². The zero-order valence-corrected chi connectivity index (χ0v) is 20.1. The van der Waals surface area contributed by atoms with Crippen molar-refractivity contribution >= 4 is 11.6 Å². The van der Waals surface area contributed by atoms with E-state index in [9.17, 15) is 4.79 Å². The molecule has 5 rings (SSSR count). The van der Waals surface area contributed by atoms with Crippen molar-refractivity contribution in [2.24, 2.45) is 0 Å². The number of methoxy groups -OCH3 is 1. The van der Waals surface area contributed by atoms with Crippen molar-refractivity contribution in [3.8, 4) is 28.4 Å². The zero-order valence-electron chi connectivity index (χ0n) is 20.1. The molecule has 0 unspecified atom stereocenters. The van der Waals surface area contributed by atoms with Crippen LogP contribution in [0.25, 0.3) is 22.5 Å². The SMILES string of the molecule is COc1nc(-c2cnc(CN3CCOCC3)nc2)ccc1NC(=O)c1c(-c2ccccc2)noc1C. The van der Waals surface area contributed by atoms with E-state index in [1.165, 1.54) is 7.11 Å². The Balaban J connectivity index is 1.33. The molecule has 1 fully saturated rings. The van der Waals surface area contributed by atoms with Crippen LogP contribution in [-0.2, 0) is 11.3 Å². The average Bonchev–Trinajstić information content (AvgIpc) is 3.32. The maximum absolute atomic E-state index is 13.2. The van der Waals surface area contributed by atoms with E-state index in [-0.39, 0.29) is 11.8 Å². The smallest absolute Gasteiger partial charge is 0.261 e. The quantitative estimate of drug-likeness (QED) is 0.418. The van der Waals surface area contributed by atoms with Gasteiger partial charge in [0.05, 0.1) is 32.6 Å². The highest BCUT2D eigenvalue weighted by atomic mass is 16.5. The van der Waals surface area contributed by atoms with Crippen LogP contribution in [0.5, 0.6) is 5.88 Å². The molecule has 184 valence electrons. The number of ether oxygens (including phenoxy) is 2. The summed E-state index contributed by atoms with van der Waals surface area (Å²) in [6, 6.07) is 12.9. The Labute approximate surface area is 208 Å². The number of amides is 1. The van der Waals surface area contributed by atoms with Gasteiger partial charge in [-0.2, -0.15) is 0 Å². The first-order valence-electron chi connectivity index (χ1n) is 11.6. The van der Waals surface area contributed by atoms with Gasteiger partial charge in [0, 0.05) is 36.6 Å². The number of aromatic nitrogens is 4. The molecular weight excluding hydrogens is 460 g/mol. The van der Waals surface area contributed by atoms with E-state index in [4.69, 9.17) is 14.0 Å². The number of anilines is 1. The second-order valence-electron chi connectivity index (χ2n) is 8.31. The molecule has 1 aromatic carbocycles. The topological polar surface area (TPSA) is 116 Å². The van der Waals surface area contributed by atoms with Crippen LogP contribution < -0.4 is 10.1 Å². The fourth-order valence-corrected chi connectivity index (χ4v) is 4.00. The lowest BCUT2D eigenvalue weighted by molar-refractivity contribution is 0.0330. The molecular formula is C26H26N6O4. The fourth-order valence-electron chi connectivity index (χ4n) is 4.00. The van der Waals surface area contributed by atoms with Gasteiger partial charge in [0.25, 0.3) is 5.91 Å². The van der Waals surface area contributed by atoms with Crippen LogP contribution in [0.4, 0.5) is 5.69 Å². The van der Waals surface area contributed by atoms with Gasteiger partial charge in [-0.1, -0.05) is 35.5 Å². The van der Waals surface area contributed by atoms with Gasteiger partial charge in [-0.15, -0.1) is 0 Å². The summed E-state index contributed by atoms with van der Waals surface area (Å²) in [5.41, 5.74) is 3.43. The Morgan fingerprint density at radius 1 is 1.06 bits per heavy atom. The van der Waals surface area contributed by atoms with Crippen LogP contribution in [0, 0.1) is 6.92 Å². The fraction of sp³-hybridized carbons (Fsp3) is 0.269. The van der Waals surface area contributed by atoms with Crippen molar-refractivity contribution in [1.82, 2.24) is 25.0 Å². The molecule has 0 bridgehead atoms. The summed E-state index contributed by atoms with van der Waals surface area (Å²) in [5, 5.41) is 6.96. The summed E-state index contributed by atoms with van der Waals surface area (Å²) in [4.78, 5) is 29.0. The number of nitrogens with one attached hydrogen (secondary N) is 1. The van der Waals surface area contributed by atoms with Gasteiger partial charge in [-0.3, -0.25) is 9.69 Å². The second-order valence-corrected chi connectivity index (χ2v) is 8.31. The first kappa shape index (κ1) is 23.6. The summed E-state index contributed by atoms with van der Waals surface area (Å²) >= 11 is 0. The highest BCUT2D eigenvalue weighted by molar-refractivity contribution is 6.09. The van der Waals surface area contributed by atoms with E-state index < -0.39 is 0 Å². The molecule has 36 heavy (non-hydrogen) atoms. The highest BCUT2D eigenvalue weighted by Gasteiger charge is 2.23. The molecule has 1 amide bonds. The normalized spacial score (nSPS) is 13.9. The first-order valence-corrected chi connectivity index (χ1v) is 11.6. The molecule has 10 heteroatoms. The molecule has 0 spiro atoms. The van der Waals surface area contributed by atoms with E-state index in [2.05, 4.69) is 30.3 Å². The molecule has 1 aliphatic rings. The number of carbonyl (C=O) groups excluding carboxylic acids is 1. The molecule has 1 saturated heterocycles. The predicted octanol–water partition coefficient (Wildman–Crippen LogP) is 3.60. The molecule has 1 aliphatic heterocycles. The monoisotopic (exact) mass is 486 g/mol. The van der Waals surface area contributed by atoms with Gasteiger partial charge >= 0.3 is 0 Å². The summed E-state index contributed by atoms with van der Waals surface area (Å²) in [5.74, 6) is 1.07. The molecule has 0 aliphatic carbocycles. The molecule has 1 N–H and O–H groups in total. The number of rotatable bonds is 7. The van der Waals surface area contributed by atoms with E-state index in [0.717, 1.165) is 43.3 Å². The van der Waals surface area contributed by atoms with Gasteiger partial charge in [-0.25, -0.2) is 15.0 Å². The minimum absolute atomic E-state index is 0.272. The second kappa shape index (κ2) is 10.6. The molecule has 0 radical (unpaired) electrons. The zero-order chi connectivity index (χ0) is 24.9. The Morgan fingerprint density at radius 2 is 1.81 bits per heavy atom. The third kappa shape index (κ3) is 5.09. The van der Waals surface area contributed by atoms with Crippen LogP contribution in [0.1, 0.15) is 21.9 Å². The Bertz CT molecular complexity index is 1330. The summed E-state index contributed by atoms with van der Waals surface area (Å²) in [7, 11) is 1.50.